The molecule has 1 amide bonds. The van der Waals surface area contributed by atoms with Crippen molar-refractivity contribution < 1.29 is 9.53 Å². The van der Waals surface area contributed by atoms with Crippen LogP contribution in [0.5, 0.6) is 5.75 Å². The first-order chi connectivity index (χ1) is 10.2. The molecule has 0 aliphatic heterocycles. The molecule has 0 unspecified atom stereocenters. The molecule has 0 bridgehead atoms. The van der Waals surface area contributed by atoms with Crippen molar-refractivity contribution in [3.8, 4) is 5.75 Å². The predicted octanol–water partition coefficient (Wildman–Crippen LogP) is 2.52. The van der Waals surface area contributed by atoms with Gasteiger partial charge in [0.2, 0.25) is 11.0 Å². The van der Waals surface area contributed by atoms with E-state index in [1.807, 2.05) is 31.2 Å². The molecule has 2 rings (SSSR count). The van der Waals surface area contributed by atoms with Crippen LogP contribution in [-0.4, -0.2) is 35.5 Å². The summed E-state index contributed by atoms with van der Waals surface area (Å²) < 4.78 is 5.92. The summed E-state index contributed by atoms with van der Waals surface area (Å²) >= 11 is 2.79. The predicted molar refractivity (Wildman–Crippen MR) is 85.6 cm³/mol. The summed E-state index contributed by atoms with van der Waals surface area (Å²) in [5, 5.41) is 14.7. The fourth-order valence-corrected chi connectivity index (χ4v) is 3.12. The van der Waals surface area contributed by atoms with Crippen LogP contribution >= 0.6 is 23.1 Å². The van der Waals surface area contributed by atoms with Gasteiger partial charge in [0.15, 0.2) is 4.34 Å². The topological polar surface area (TPSA) is 76.1 Å². The van der Waals surface area contributed by atoms with E-state index in [0.29, 0.717) is 17.4 Å². The summed E-state index contributed by atoms with van der Waals surface area (Å²) in [5.41, 5.74) is 0.880. The second kappa shape index (κ2) is 7.84. The summed E-state index contributed by atoms with van der Waals surface area (Å²) in [6.07, 6.45) is 0. The lowest BCUT2D eigenvalue weighted by molar-refractivity contribution is -0.118. The normalized spacial score (nSPS) is 10.2. The number of nitrogens with one attached hydrogen (secondary N) is 2. The molecule has 0 fully saturated rings. The van der Waals surface area contributed by atoms with E-state index < -0.39 is 0 Å². The number of hydrogen-bond acceptors (Lipinski definition) is 7. The van der Waals surface area contributed by atoms with Gasteiger partial charge >= 0.3 is 0 Å². The van der Waals surface area contributed by atoms with Crippen molar-refractivity contribution in [1.82, 2.24) is 15.5 Å². The maximum absolute atomic E-state index is 11.4. The summed E-state index contributed by atoms with van der Waals surface area (Å²) in [5.74, 6) is 1.12. The van der Waals surface area contributed by atoms with Crippen LogP contribution in [0.3, 0.4) is 0 Å². The van der Waals surface area contributed by atoms with Gasteiger partial charge in [-0.25, -0.2) is 0 Å². The molecule has 8 heteroatoms. The number of ether oxygens (including phenoxy) is 1. The van der Waals surface area contributed by atoms with Crippen molar-refractivity contribution in [1.29, 1.82) is 0 Å². The van der Waals surface area contributed by atoms with Gasteiger partial charge in [0.1, 0.15) is 5.75 Å². The van der Waals surface area contributed by atoms with Crippen molar-refractivity contribution in [2.24, 2.45) is 0 Å². The Hall–Kier alpha value is -1.80. The fraction of sp³-hybridized carbons (Fsp3) is 0.308. The molecule has 1 heterocycles. The average molecular weight is 324 g/mol. The maximum atomic E-state index is 11.4. The SMILES string of the molecule is CCNC(=O)CSc1nnc(Nc2cccc(OC)c2)s1. The lowest BCUT2D eigenvalue weighted by Crippen LogP contribution is -2.24. The van der Waals surface area contributed by atoms with Crippen LogP contribution in [0.4, 0.5) is 10.8 Å². The number of anilines is 2. The number of nitrogens with zero attached hydrogens (tertiary/aromatic N) is 2. The first-order valence-electron chi connectivity index (χ1n) is 6.35. The Morgan fingerprint density at radius 3 is 3.05 bits per heavy atom. The number of rotatable bonds is 7. The van der Waals surface area contributed by atoms with Gasteiger partial charge in [0.05, 0.1) is 12.9 Å². The van der Waals surface area contributed by atoms with E-state index in [-0.39, 0.29) is 5.91 Å². The molecule has 6 nitrogen and oxygen atoms in total. The maximum Gasteiger partial charge on any atom is 0.230 e. The Morgan fingerprint density at radius 2 is 2.29 bits per heavy atom. The van der Waals surface area contributed by atoms with Crippen molar-refractivity contribution in [3.05, 3.63) is 24.3 Å². The quantitative estimate of drug-likeness (QED) is 0.762. The fourth-order valence-electron chi connectivity index (χ4n) is 1.52. The van der Waals surface area contributed by atoms with E-state index in [1.165, 1.54) is 23.1 Å². The monoisotopic (exact) mass is 324 g/mol. The summed E-state index contributed by atoms with van der Waals surface area (Å²) in [6.45, 7) is 2.53. The van der Waals surface area contributed by atoms with Crippen LogP contribution in [0.15, 0.2) is 28.6 Å². The average Bonchev–Trinajstić information content (AvgIpc) is 2.93. The highest BCUT2D eigenvalue weighted by atomic mass is 32.2. The number of methoxy groups -OCH3 is 1. The van der Waals surface area contributed by atoms with Crippen molar-refractivity contribution in [3.63, 3.8) is 0 Å². The number of carbonyl (C=O) groups is 1. The van der Waals surface area contributed by atoms with Gasteiger partial charge in [-0.15, -0.1) is 10.2 Å². The Kier molecular flexibility index (Phi) is 5.82. The molecule has 0 aliphatic rings. The minimum absolute atomic E-state index is 0.00000456. The highest BCUT2D eigenvalue weighted by Crippen LogP contribution is 2.28. The smallest absolute Gasteiger partial charge is 0.230 e. The Balaban J connectivity index is 1.92. The van der Waals surface area contributed by atoms with Gasteiger partial charge in [0, 0.05) is 18.3 Å². The third-order valence-corrected chi connectivity index (χ3v) is 4.40. The first kappa shape index (κ1) is 15.6. The molecule has 1 aromatic heterocycles. The Labute approximate surface area is 131 Å². The van der Waals surface area contributed by atoms with Gasteiger partial charge in [0.25, 0.3) is 0 Å². The number of amides is 1. The summed E-state index contributed by atoms with van der Waals surface area (Å²) in [6, 6.07) is 7.57. The number of carbonyl (C=O) groups excluding carboxylic acids is 1. The summed E-state index contributed by atoms with van der Waals surface area (Å²) in [7, 11) is 1.63. The number of thioether (sulfide) groups is 1. The molecule has 21 heavy (non-hydrogen) atoms. The molecule has 0 radical (unpaired) electrons. The largest absolute Gasteiger partial charge is 0.497 e. The van der Waals surface area contributed by atoms with Gasteiger partial charge in [-0.05, 0) is 19.1 Å². The molecular formula is C13H16N4O2S2. The number of hydrogen-bond donors (Lipinski definition) is 2. The lowest BCUT2D eigenvalue weighted by Gasteiger charge is -2.04. The van der Waals surface area contributed by atoms with E-state index in [0.717, 1.165) is 15.8 Å². The van der Waals surface area contributed by atoms with Gasteiger partial charge in [-0.1, -0.05) is 29.2 Å². The molecule has 0 atom stereocenters. The van der Waals surface area contributed by atoms with Crippen molar-refractivity contribution in [2.45, 2.75) is 11.3 Å². The van der Waals surface area contributed by atoms with Crippen molar-refractivity contribution in [2.75, 3.05) is 24.7 Å². The second-order valence-corrected chi connectivity index (χ2v) is 6.17. The number of benzene rings is 1. The van der Waals surface area contributed by atoms with E-state index >= 15 is 0 Å². The zero-order valence-corrected chi connectivity index (χ0v) is 13.4. The van der Waals surface area contributed by atoms with E-state index in [1.54, 1.807) is 7.11 Å². The standard InChI is InChI=1S/C13H16N4O2S2/c1-3-14-11(18)8-20-13-17-16-12(21-13)15-9-5-4-6-10(7-9)19-2/h4-7H,3,8H2,1-2H3,(H,14,18)(H,15,16). The molecule has 1 aromatic carbocycles. The van der Waals surface area contributed by atoms with Crippen LogP contribution < -0.4 is 15.4 Å². The van der Waals surface area contributed by atoms with Crippen LogP contribution in [-0.2, 0) is 4.79 Å². The minimum atomic E-state index is 0.00000456. The minimum Gasteiger partial charge on any atom is -0.497 e. The van der Waals surface area contributed by atoms with Crippen LogP contribution in [0, 0.1) is 0 Å². The first-order valence-corrected chi connectivity index (χ1v) is 8.15. The highest BCUT2D eigenvalue weighted by Gasteiger charge is 2.08. The molecular weight excluding hydrogens is 308 g/mol. The van der Waals surface area contributed by atoms with Gasteiger partial charge in [-0.2, -0.15) is 0 Å². The Bertz CT molecular complexity index is 603. The lowest BCUT2D eigenvalue weighted by atomic mass is 10.3. The molecule has 0 saturated carbocycles. The summed E-state index contributed by atoms with van der Waals surface area (Å²) in [4.78, 5) is 11.4. The third kappa shape index (κ3) is 4.91. The van der Waals surface area contributed by atoms with Crippen LogP contribution in [0.2, 0.25) is 0 Å². The van der Waals surface area contributed by atoms with Crippen molar-refractivity contribution >= 4 is 39.8 Å². The van der Waals surface area contributed by atoms with E-state index in [9.17, 15) is 4.79 Å². The number of aromatic nitrogens is 2. The molecule has 2 N–H and O–H groups in total. The van der Waals surface area contributed by atoms with Gasteiger partial charge in [-0.3, -0.25) is 4.79 Å². The van der Waals surface area contributed by atoms with Gasteiger partial charge < -0.3 is 15.4 Å². The third-order valence-electron chi connectivity index (χ3n) is 2.43. The van der Waals surface area contributed by atoms with E-state index in [4.69, 9.17) is 4.74 Å². The zero-order valence-electron chi connectivity index (χ0n) is 11.8. The molecule has 0 aliphatic carbocycles. The second-order valence-electron chi connectivity index (χ2n) is 3.97. The van der Waals surface area contributed by atoms with Crippen LogP contribution in [0.1, 0.15) is 6.92 Å². The zero-order chi connectivity index (χ0) is 15.1. The molecule has 0 spiro atoms. The van der Waals surface area contributed by atoms with Crippen LogP contribution in [0.25, 0.3) is 0 Å². The molecule has 112 valence electrons. The highest BCUT2D eigenvalue weighted by molar-refractivity contribution is 8.01. The van der Waals surface area contributed by atoms with E-state index in [2.05, 4.69) is 20.8 Å². The molecule has 2 aromatic rings. The Morgan fingerprint density at radius 1 is 1.43 bits per heavy atom. The molecule has 0 saturated heterocycles.